The molecule has 0 aromatic rings. The Morgan fingerprint density at radius 1 is 1.15 bits per heavy atom. The molecule has 0 heterocycles. The maximum Gasteiger partial charge on any atom is 0.309 e. The van der Waals surface area contributed by atoms with Crippen LogP contribution >= 0.6 is 0 Å². The van der Waals surface area contributed by atoms with E-state index < -0.39 is 11.2 Å². The first kappa shape index (κ1) is 17.4. The molecule has 0 radical (unpaired) electrons. The molecule has 4 heteroatoms. The molecule has 0 aliphatic heterocycles. The van der Waals surface area contributed by atoms with Crippen LogP contribution in [-0.4, -0.2) is 17.2 Å². The minimum absolute atomic E-state index is 0.225. The number of esters is 1. The Morgan fingerprint density at radius 2 is 1.65 bits per heavy atom. The molecular weight excluding hydrogens is 254 g/mol. The van der Waals surface area contributed by atoms with E-state index in [0.717, 1.165) is 25.7 Å². The molecule has 1 aliphatic carbocycles. The molecule has 0 aromatic carbocycles. The molecule has 1 rings (SSSR count). The van der Waals surface area contributed by atoms with Gasteiger partial charge in [0.25, 0.3) is 0 Å². The van der Waals surface area contributed by atoms with E-state index in [1.165, 1.54) is 0 Å². The fourth-order valence-corrected chi connectivity index (χ4v) is 2.99. The second-order valence-corrected chi connectivity index (χ2v) is 8.20. The topological polar surface area (TPSA) is 61.5 Å². The zero-order chi connectivity index (χ0) is 15.6. The Hall–Kier alpha value is -0.610. The van der Waals surface area contributed by atoms with Gasteiger partial charge in [-0.3, -0.25) is 9.63 Å². The molecule has 1 saturated carbocycles. The lowest BCUT2D eigenvalue weighted by atomic mass is 9.67. The van der Waals surface area contributed by atoms with Crippen LogP contribution in [0.3, 0.4) is 0 Å². The Bertz CT molecular complexity index is 331. The summed E-state index contributed by atoms with van der Waals surface area (Å²) < 4.78 is 5.39. The zero-order valence-corrected chi connectivity index (χ0v) is 13.9. The van der Waals surface area contributed by atoms with Crippen molar-refractivity contribution in [3.8, 4) is 0 Å². The predicted molar refractivity (Wildman–Crippen MR) is 79.9 cm³/mol. The number of hydrogen-bond acceptors (Lipinski definition) is 4. The van der Waals surface area contributed by atoms with E-state index in [1.807, 2.05) is 20.8 Å². The summed E-state index contributed by atoms with van der Waals surface area (Å²) >= 11 is 0. The van der Waals surface area contributed by atoms with Crippen molar-refractivity contribution < 1.29 is 14.4 Å². The van der Waals surface area contributed by atoms with Crippen molar-refractivity contribution in [3.63, 3.8) is 0 Å². The van der Waals surface area contributed by atoms with Gasteiger partial charge in [-0.15, -0.1) is 0 Å². The lowest BCUT2D eigenvalue weighted by Crippen LogP contribution is -2.44. The van der Waals surface area contributed by atoms with Crippen molar-refractivity contribution in [1.29, 1.82) is 0 Å². The predicted octanol–water partition coefficient (Wildman–Crippen LogP) is 3.58. The summed E-state index contributed by atoms with van der Waals surface area (Å²) in [7, 11) is 0. The van der Waals surface area contributed by atoms with E-state index in [4.69, 9.17) is 15.5 Å². The third-order valence-corrected chi connectivity index (χ3v) is 4.26. The summed E-state index contributed by atoms with van der Waals surface area (Å²) in [5.41, 5.74) is -0.702. The van der Waals surface area contributed by atoms with E-state index >= 15 is 0 Å². The first-order chi connectivity index (χ1) is 8.97. The second-order valence-electron chi connectivity index (χ2n) is 8.20. The van der Waals surface area contributed by atoms with Crippen LogP contribution in [-0.2, 0) is 14.4 Å². The van der Waals surface area contributed by atoms with Gasteiger partial charge in [0.2, 0.25) is 0 Å². The number of carbonyl (C=O) groups is 1. The van der Waals surface area contributed by atoms with Crippen LogP contribution in [0.15, 0.2) is 0 Å². The van der Waals surface area contributed by atoms with E-state index in [1.54, 1.807) is 0 Å². The molecule has 20 heavy (non-hydrogen) atoms. The average molecular weight is 285 g/mol. The van der Waals surface area contributed by atoms with Gasteiger partial charge in [-0.25, -0.2) is 5.90 Å². The molecule has 2 N–H and O–H groups in total. The molecule has 0 amide bonds. The Kier molecular flexibility index (Phi) is 5.25. The Morgan fingerprint density at radius 3 is 2.00 bits per heavy atom. The van der Waals surface area contributed by atoms with Crippen molar-refractivity contribution in [2.75, 3.05) is 0 Å². The largest absolute Gasteiger partial charge is 0.460 e. The van der Waals surface area contributed by atoms with Gasteiger partial charge in [-0.2, -0.15) is 0 Å². The van der Waals surface area contributed by atoms with Crippen molar-refractivity contribution in [2.45, 2.75) is 84.8 Å². The van der Waals surface area contributed by atoms with Gasteiger partial charge in [-0.1, -0.05) is 20.8 Å². The van der Waals surface area contributed by atoms with Crippen LogP contribution in [0.1, 0.15) is 73.6 Å². The highest BCUT2D eigenvalue weighted by Crippen LogP contribution is 2.43. The number of hydrogen-bond donors (Lipinski definition) is 1. The van der Waals surface area contributed by atoms with Crippen LogP contribution in [0.5, 0.6) is 0 Å². The third-order valence-electron chi connectivity index (χ3n) is 4.26. The van der Waals surface area contributed by atoms with E-state index in [9.17, 15) is 4.79 Å². The highest BCUT2D eigenvalue weighted by atomic mass is 16.6. The van der Waals surface area contributed by atoms with E-state index in [0.29, 0.717) is 11.3 Å². The SMILES string of the molecule is CC(C)(C)OC(=O)CC1(ON)CCC(C(C)(C)C)CC1. The molecule has 4 nitrogen and oxygen atoms in total. The van der Waals surface area contributed by atoms with Crippen molar-refractivity contribution in [1.82, 2.24) is 0 Å². The average Bonchev–Trinajstić information content (AvgIpc) is 2.25. The smallest absolute Gasteiger partial charge is 0.309 e. The molecule has 0 unspecified atom stereocenters. The summed E-state index contributed by atoms with van der Waals surface area (Å²) in [6.07, 6.45) is 3.99. The third kappa shape index (κ3) is 5.06. The van der Waals surface area contributed by atoms with Crippen molar-refractivity contribution in [2.24, 2.45) is 17.2 Å². The first-order valence-corrected chi connectivity index (χ1v) is 7.57. The molecule has 0 saturated heterocycles. The van der Waals surface area contributed by atoms with Gasteiger partial charge in [-0.05, 0) is 57.8 Å². The molecule has 118 valence electrons. The highest BCUT2D eigenvalue weighted by molar-refractivity contribution is 5.71. The highest BCUT2D eigenvalue weighted by Gasteiger charge is 2.41. The van der Waals surface area contributed by atoms with Gasteiger partial charge >= 0.3 is 5.97 Å². The Balaban J connectivity index is 2.61. The Labute approximate surface area is 123 Å². The molecule has 0 atom stereocenters. The van der Waals surface area contributed by atoms with Crippen LogP contribution in [0.25, 0.3) is 0 Å². The standard InChI is InChI=1S/C16H31NO3/c1-14(2,3)12-7-9-16(20-17,10-8-12)11-13(18)19-15(4,5)6/h12H,7-11,17H2,1-6H3. The first-order valence-electron chi connectivity index (χ1n) is 7.57. The van der Waals surface area contributed by atoms with E-state index in [-0.39, 0.29) is 12.4 Å². The van der Waals surface area contributed by atoms with Crippen LogP contribution in [0.2, 0.25) is 0 Å². The van der Waals surface area contributed by atoms with Crippen molar-refractivity contribution >= 4 is 5.97 Å². The monoisotopic (exact) mass is 285 g/mol. The summed E-state index contributed by atoms with van der Waals surface area (Å²) in [5.74, 6) is 5.93. The number of nitrogens with two attached hydrogens (primary N) is 1. The quantitative estimate of drug-likeness (QED) is 0.636. The lowest BCUT2D eigenvalue weighted by molar-refractivity contribution is -0.167. The van der Waals surface area contributed by atoms with Crippen LogP contribution < -0.4 is 5.90 Å². The van der Waals surface area contributed by atoms with Gasteiger partial charge in [0.15, 0.2) is 0 Å². The van der Waals surface area contributed by atoms with Gasteiger partial charge < -0.3 is 4.74 Å². The summed E-state index contributed by atoms with van der Waals surface area (Å²) in [5, 5.41) is 0. The number of ether oxygens (including phenoxy) is 1. The molecule has 0 bridgehead atoms. The number of rotatable bonds is 3. The second kappa shape index (κ2) is 6.02. The molecular formula is C16H31NO3. The maximum atomic E-state index is 12.0. The minimum atomic E-state index is -0.538. The fourth-order valence-electron chi connectivity index (χ4n) is 2.99. The summed E-state index contributed by atoms with van der Waals surface area (Å²) in [6.45, 7) is 12.4. The van der Waals surface area contributed by atoms with Gasteiger partial charge in [0.05, 0.1) is 12.0 Å². The number of carbonyl (C=O) groups excluding carboxylic acids is 1. The fraction of sp³-hybridized carbons (Fsp3) is 0.938. The maximum absolute atomic E-state index is 12.0. The molecule has 1 fully saturated rings. The summed E-state index contributed by atoms with van der Waals surface area (Å²) in [6, 6.07) is 0. The summed E-state index contributed by atoms with van der Waals surface area (Å²) in [4.78, 5) is 17.2. The molecule has 0 spiro atoms. The minimum Gasteiger partial charge on any atom is -0.460 e. The zero-order valence-electron chi connectivity index (χ0n) is 13.9. The van der Waals surface area contributed by atoms with E-state index in [2.05, 4.69) is 20.8 Å². The lowest BCUT2D eigenvalue weighted by Gasteiger charge is -2.42. The van der Waals surface area contributed by atoms with Crippen molar-refractivity contribution in [3.05, 3.63) is 0 Å². The van der Waals surface area contributed by atoms with Gasteiger partial charge in [0, 0.05) is 0 Å². The molecule has 1 aliphatic rings. The molecule has 0 aromatic heterocycles. The normalized spacial score (nSPS) is 28.2. The van der Waals surface area contributed by atoms with Crippen LogP contribution in [0, 0.1) is 11.3 Å². The van der Waals surface area contributed by atoms with Gasteiger partial charge in [0.1, 0.15) is 5.60 Å². The van der Waals surface area contributed by atoms with Crippen LogP contribution in [0.4, 0.5) is 0 Å².